The Morgan fingerprint density at radius 2 is 1.92 bits per heavy atom. The highest BCUT2D eigenvalue weighted by molar-refractivity contribution is 7.90. The number of amides is 1. The highest BCUT2D eigenvalue weighted by atomic mass is 32.2. The summed E-state index contributed by atoms with van der Waals surface area (Å²) in [5.74, 6) is -0.175. The quantitative estimate of drug-likeness (QED) is 0.636. The number of sulfonamides is 1. The highest BCUT2D eigenvalue weighted by Gasteiger charge is 2.14. The monoisotopic (exact) mass is 208 g/mol. The summed E-state index contributed by atoms with van der Waals surface area (Å²) < 4.78 is 24.6. The van der Waals surface area contributed by atoms with Crippen LogP contribution in [0.25, 0.3) is 0 Å². The summed E-state index contributed by atoms with van der Waals surface area (Å²) in [6.45, 7) is 3.32. The van der Waals surface area contributed by atoms with Gasteiger partial charge in [0.15, 0.2) is 0 Å². The Bertz CT molecular complexity index is 259. The molecule has 0 aliphatic heterocycles. The lowest BCUT2D eigenvalue weighted by Gasteiger charge is -2.08. The van der Waals surface area contributed by atoms with Gasteiger partial charge in [-0.2, -0.15) is 0 Å². The van der Waals surface area contributed by atoms with Gasteiger partial charge in [-0.3, -0.25) is 4.79 Å². The number of hydrogen-bond acceptors (Lipinski definition) is 3. The third kappa shape index (κ3) is 4.84. The Balaban J connectivity index is 3.84. The Morgan fingerprint density at radius 1 is 1.38 bits per heavy atom. The van der Waals surface area contributed by atoms with E-state index in [4.69, 9.17) is 0 Å². The lowest BCUT2D eigenvalue weighted by atomic mass is 10.4. The van der Waals surface area contributed by atoms with E-state index in [1.54, 1.807) is 13.8 Å². The molecule has 0 aliphatic carbocycles. The Labute approximate surface area is 79.0 Å². The van der Waals surface area contributed by atoms with E-state index < -0.39 is 15.3 Å². The molecule has 1 amide bonds. The standard InChI is InChI=1S/C7H16N2O3S/c1-6(2)13(11,12)9-5-4-7(10)8-3/h6,9H,4-5H2,1-3H3,(H,8,10). The van der Waals surface area contributed by atoms with Crippen molar-refractivity contribution in [3.63, 3.8) is 0 Å². The van der Waals surface area contributed by atoms with Gasteiger partial charge < -0.3 is 5.32 Å². The molecule has 0 rings (SSSR count). The summed E-state index contributed by atoms with van der Waals surface area (Å²) in [6.07, 6.45) is 0.169. The summed E-state index contributed by atoms with van der Waals surface area (Å²) in [5, 5.41) is 1.95. The van der Waals surface area contributed by atoms with Crippen LogP contribution >= 0.6 is 0 Å². The number of rotatable bonds is 5. The van der Waals surface area contributed by atoms with E-state index in [-0.39, 0.29) is 18.9 Å². The van der Waals surface area contributed by atoms with Crippen molar-refractivity contribution >= 4 is 15.9 Å². The van der Waals surface area contributed by atoms with Gasteiger partial charge in [0.05, 0.1) is 5.25 Å². The van der Waals surface area contributed by atoms with E-state index in [1.165, 1.54) is 7.05 Å². The molecule has 0 atom stereocenters. The second-order valence-corrected chi connectivity index (χ2v) is 5.23. The summed E-state index contributed by atoms with van der Waals surface area (Å²) in [7, 11) is -1.72. The van der Waals surface area contributed by atoms with Crippen molar-refractivity contribution in [3.05, 3.63) is 0 Å². The van der Waals surface area contributed by atoms with Gasteiger partial charge in [-0.05, 0) is 13.8 Å². The molecular formula is C7H16N2O3S. The van der Waals surface area contributed by atoms with Gasteiger partial charge >= 0.3 is 0 Å². The van der Waals surface area contributed by atoms with Gasteiger partial charge in [0.2, 0.25) is 15.9 Å². The first-order valence-corrected chi connectivity index (χ1v) is 5.64. The molecule has 0 saturated heterocycles. The van der Waals surface area contributed by atoms with E-state index in [9.17, 15) is 13.2 Å². The fourth-order valence-corrected chi connectivity index (χ4v) is 1.32. The van der Waals surface area contributed by atoms with Crippen molar-refractivity contribution in [1.29, 1.82) is 0 Å². The predicted octanol–water partition coefficient (Wildman–Crippen LogP) is -0.550. The van der Waals surface area contributed by atoms with E-state index in [1.807, 2.05) is 0 Å². The molecule has 0 fully saturated rings. The van der Waals surface area contributed by atoms with Crippen LogP contribution in [0.2, 0.25) is 0 Å². The molecule has 0 radical (unpaired) electrons. The van der Waals surface area contributed by atoms with E-state index >= 15 is 0 Å². The van der Waals surface area contributed by atoms with Crippen LogP contribution in [-0.4, -0.2) is 33.2 Å². The molecular weight excluding hydrogens is 192 g/mol. The van der Waals surface area contributed by atoms with Gasteiger partial charge in [-0.25, -0.2) is 13.1 Å². The zero-order chi connectivity index (χ0) is 10.5. The van der Waals surface area contributed by atoms with Gasteiger partial charge in [-0.1, -0.05) is 0 Å². The molecule has 0 spiro atoms. The number of hydrogen-bond donors (Lipinski definition) is 2. The zero-order valence-electron chi connectivity index (χ0n) is 8.12. The van der Waals surface area contributed by atoms with Crippen LogP contribution in [0.5, 0.6) is 0 Å². The average Bonchev–Trinajstić information content (AvgIpc) is 2.03. The smallest absolute Gasteiger partial charge is 0.221 e. The number of nitrogens with one attached hydrogen (secondary N) is 2. The molecule has 78 valence electrons. The first-order chi connectivity index (χ1) is 5.90. The number of carbonyl (C=O) groups excluding carboxylic acids is 1. The van der Waals surface area contributed by atoms with Gasteiger partial charge in [0, 0.05) is 20.0 Å². The van der Waals surface area contributed by atoms with Crippen LogP contribution in [0.1, 0.15) is 20.3 Å². The summed E-state index contributed by atoms with van der Waals surface area (Å²) in [5.41, 5.74) is 0. The van der Waals surface area contributed by atoms with Crippen LogP contribution in [-0.2, 0) is 14.8 Å². The maximum atomic E-state index is 11.2. The molecule has 0 aromatic heterocycles. The van der Waals surface area contributed by atoms with Crippen LogP contribution in [0.4, 0.5) is 0 Å². The Morgan fingerprint density at radius 3 is 2.31 bits per heavy atom. The summed E-state index contributed by atoms with van der Waals surface area (Å²) >= 11 is 0. The molecule has 0 bridgehead atoms. The van der Waals surface area contributed by atoms with Crippen LogP contribution in [0.3, 0.4) is 0 Å². The molecule has 2 N–H and O–H groups in total. The Kier molecular flexibility index (Phi) is 4.94. The minimum atomic E-state index is -3.23. The van der Waals surface area contributed by atoms with Gasteiger partial charge in [0.1, 0.15) is 0 Å². The van der Waals surface area contributed by atoms with E-state index in [2.05, 4.69) is 10.0 Å². The molecule has 0 aromatic rings. The first kappa shape index (κ1) is 12.4. The van der Waals surface area contributed by atoms with Crippen molar-refractivity contribution in [2.45, 2.75) is 25.5 Å². The largest absolute Gasteiger partial charge is 0.359 e. The normalized spacial score (nSPS) is 11.7. The summed E-state index contributed by atoms with van der Waals surface area (Å²) in [4.78, 5) is 10.7. The van der Waals surface area contributed by atoms with Gasteiger partial charge in [0.25, 0.3) is 0 Å². The summed E-state index contributed by atoms with van der Waals surface area (Å²) in [6, 6.07) is 0. The van der Waals surface area contributed by atoms with Crippen molar-refractivity contribution < 1.29 is 13.2 Å². The van der Waals surface area contributed by atoms with Crippen molar-refractivity contribution in [1.82, 2.24) is 10.0 Å². The lowest BCUT2D eigenvalue weighted by Crippen LogP contribution is -2.33. The van der Waals surface area contributed by atoms with E-state index in [0.29, 0.717) is 0 Å². The molecule has 0 saturated carbocycles. The SMILES string of the molecule is CNC(=O)CCNS(=O)(=O)C(C)C. The van der Waals surface area contributed by atoms with Crippen molar-refractivity contribution in [2.75, 3.05) is 13.6 Å². The molecule has 0 aliphatic rings. The molecule has 0 aromatic carbocycles. The molecule has 13 heavy (non-hydrogen) atoms. The van der Waals surface area contributed by atoms with Crippen LogP contribution in [0, 0.1) is 0 Å². The third-order valence-electron chi connectivity index (χ3n) is 1.55. The fraction of sp³-hybridized carbons (Fsp3) is 0.857. The third-order valence-corrected chi connectivity index (χ3v) is 3.40. The maximum absolute atomic E-state index is 11.2. The minimum Gasteiger partial charge on any atom is -0.359 e. The second kappa shape index (κ2) is 5.18. The fourth-order valence-electron chi connectivity index (χ4n) is 0.598. The van der Waals surface area contributed by atoms with Crippen LogP contribution in [0.15, 0.2) is 0 Å². The molecule has 0 unspecified atom stereocenters. The van der Waals surface area contributed by atoms with E-state index in [0.717, 1.165) is 0 Å². The van der Waals surface area contributed by atoms with Crippen molar-refractivity contribution in [2.24, 2.45) is 0 Å². The maximum Gasteiger partial charge on any atom is 0.221 e. The molecule has 5 nitrogen and oxygen atoms in total. The first-order valence-electron chi connectivity index (χ1n) is 4.09. The predicted molar refractivity (Wildman–Crippen MR) is 50.7 cm³/mol. The average molecular weight is 208 g/mol. The minimum absolute atomic E-state index is 0.153. The van der Waals surface area contributed by atoms with Crippen molar-refractivity contribution in [3.8, 4) is 0 Å². The van der Waals surface area contributed by atoms with Gasteiger partial charge in [-0.15, -0.1) is 0 Å². The molecule has 6 heteroatoms. The highest BCUT2D eigenvalue weighted by Crippen LogP contribution is 1.95. The second-order valence-electron chi connectivity index (χ2n) is 2.91. The molecule has 0 heterocycles. The topological polar surface area (TPSA) is 75.3 Å². The van der Waals surface area contributed by atoms with Crippen LogP contribution < -0.4 is 10.0 Å². The zero-order valence-corrected chi connectivity index (χ0v) is 8.94. The number of carbonyl (C=O) groups is 1. The lowest BCUT2D eigenvalue weighted by molar-refractivity contribution is -0.120. The Hall–Kier alpha value is -0.620.